The molecule has 7 aromatic carbocycles. The lowest BCUT2D eigenvalue weighted by atomic mass is 9.43. The first-order valence-corrected chi connectivity index (χ1v) is 20.3. The van der Waals surface area contributed by atoms with Crippen LogP contribution in [-0.4, -0.2) is 11.4 Å². The van der Waals surface area contributed by atoms with Crippen molar-refractivity contribution in [2.24, 2.45) is 0 Å². The fourth-order valence-corrected chi connectivity index (χ4v) is 10.8. The number of anilines is 2. The Morgan fingerprint density at radius 3 is 2.07 bits per heavy atom. The number of aromatic nitrogens is 1. The number of hydrogen-bond acceptors (Lipinski definition) is 3. The summed E-state index contributed by atoms with van der Waals surface area (Å²) >= 11 is 1.90. The van der Waals surface area contributed by atoms with Gasteiger partial charge in [0.15, 0.2) is 0 Å². The lowest BCUT2D eigenvalue weighted by molar-refractivity contribution is 0.590. The minimum atomic E-state index is -0.0432. The van der Waals surface area contributed by atoms with Crippen LogP contribution in [-0.2, 0) is 10.8 Å². The largest absolute Gasteiger partial charge is 0.456 e. The van der Waals surface area contributed by atoms with Crippen LogP contribution in [0.25, 0.3) is 80.7 Å². The van der Waals surface area contributed by atoms with Crippen LogP contribution in [0.5, 0.6) is 0 Å². The molecule has 0 saturated carbocycles. The van der Waals surface area contributed by atoms with Gasteiger partial charge >= 0.3 is 6.85 Å². The summed E-state index contributed by atoms with van der Waals surface area (Å²) < 4.78 is 11.8. The molecule has 55 heavy (non-hydrogen) atoms. The fraction of sp³-hybridized carbons (Fsp3) is 0.160. The van der Waals surface area contributed by atoms with E-state index < -0.39 is 0 Å². The van der Waals surface area contributed by atoms with Crippen LogP contribution in [0.2, 0.25) is 0 Å². The average Bonchev–Trinajstić information content (AvgIpc) is 3.83. The molecule has 5 heterocycles. The van der Waals surface area contributed by atoms with Gasteiger partial charge in [0.05, 0.1) is 11.0 Å². The van der Waals surface area contributed by atoms with Crippen LogP contribution in [0.3, 0.4) is 0 Å². The Bertz CT molecular complexity index is 3290. The van der Waals surface area contributed by atoms with Crippen LogP contribution >= 0.6 is 11.3 Å². The maximum Gasteiger partial charge on any atom is 0.333 e. The summed E-state index contributed by atoms with van der Waals surface area (Å²) in [5.74, 6) is 0. The van der Waals surface area contributed by atoms with Crippen LogP contribution in [0.1, 0.15) is 52.7 Å². The van der Waals surface area contributed by atoms with Gasteiger partial charge in [-0.05, 0) is 93.0 Å². The highest BCUT2D eigenvalue weighted by Gasteiger charge is 2.44. The number of nitrogens with zero attached hydrogens (tertiary/aromatic N) is 2. The molecule has 12 rings (SSSR count). The standard InChI is InChI=1S/C50H39BN2OS/c1-49(2,3)28-15-18-30(19-16-28)53-42-25-37-31-11-7-9-13-43(31)54-44(37)26-36(42)33-20-21-34-35-24-38-32-12-8-10-14-45(32)55-46(38)27-41(35)52-40-22-17-29(50(4,5)6)23-39(40)51(53)47(33)48(34)52/h7-27H,1-6H3. The van der Waals surface area contributed by atoms with E-state index in [-0.39, 0.29) is 17.7 Å². The van der Waals surface area contributed by atoms with Gasteiger partial charge in [0, 0.05) is 64.3 Å². The number of hydrogen-bond donors (Lipinski definition) is 0. The molecule has 0 bridgehead atoms. The number of benzene rings is 7. The number of furan rings is 1. The van der Waals surface area contributed by atoms with E-state index in [2.05, 4.69) is 178 Å². The van der Waals surface area contributed by atoms with Gasteiger partial charge in [0.2, 0.25) is 0 Å². The van der Waals surface area contributed by atoms with Crippen LogP contribution in [0, 0.1) is 0 Å². The molecule has 2 aliphatic heterocycles. The second kappa shape index (κ2) is 10.5. The third kappa shape index (κ3) is 4.22. The van der Waals surface area contributed by atoms with E-state index in [0.29, 0.717) is 0 Å². The second-order valence-corrected chi connectivity index (χ2v) is 18.9. The number of thiophene rings is 1. The highest BCUT2D eigenvalue weighted by molar-refractivity contribution is 7.25. The quantitative estimate of drug-likeness (QED) is 0.157. The molecule has 0 saturated heterocycles. The molecule has 0 amide bonds. The highest BCUT2D eigenvalue weighted by atomic mass is 32.1. The maximum absolute atomic E-state index is 6.58. The molecular weight excluding hydrogens is 687 g/mol. The van der Waals surface area contributed by atoms with Crippen molar-refractivity contribution in [1.82, 2.24) is 4.57 Å². The first-order valence-electron chi connectivity index (χ1n) is 19.5. The zero-order chi connectivity index (χ0) is 37.1. The van der Waals surface area contributed by atoms with Crippen molar-refractivity contribution in [3.8, 4) is 16.8 Å². The Morgan fingerprint density at radius 2 is 1.27 bits per heavy atom. The van der Waals surface area contributed by atoms with E-state index in [0.717, 1.165) is 21.9 Å². The average molecular weight is 727 g/mol. The van der Waals surface area contributed by atoms with E-state index in [1.54, 1.807) is 0 Å². The summed E-state index contributed by atoms with van der Waals surface area (Å²) in [4.78, 5) is 2.64. The summed E-state index contributed by atoms with van der Waals surface area (Å²) in [7, 11) is 0. The zero-order valence-electron chi connectivity index (χ0n) is 31.9. The van der Waals surface area contributed by atoms with Gasteiger partial charge in [-0.25, -0.2) is 0 Å². The molecule has 0 fully saturated rings. The molecule has 3 nitrogen and oxygen atoms in total. The predicted molar refractivity (Wildman–Crippen MR) is 237 cm³/mol. The van der Waals surface area contributed by atoms with Crippen molar-refractivity contribution in [2.45, 2.75) is 52.4 Å². The molecule has 3 aromatic heterocycles. The number of para-hydroxylation sites is 1. The monoisotopic (exact) mass is 726 g/mol. The van der Waals surface area contributed by atoms with Crippen molar-refractivity contribution in [3.63, 3.8) is 0 Å². The SMILES string of the molecule is CC(C)(C)c1ccc(N2B3c4cc(C(C)(C)C)ccc4-n4c5cc6sc7ccccc7c6cc5c5ccc(c3c54)-c3cc4oc5ccccc5c4cc32)cc1. The molecule has 0 N–H and O–H groups in total. The van der Waals surface area contributed by atoms with Crippen molar-refractivity contribution in [1.29, 1.82) is 0 Å². The topological polar surface area (TPSA) is 21.3 Å². The van der Waals surface area contributed by atoms with Crippen LogP contribution in [0.4, 0.5) is 11.4 Å². The lowest BCUT2D eigenvalue weighted by Crippen LogP contribution is -2.60. The summed E-state index contributed by atoms with van der Waals surface area (Å²) in [5.41, 5.74) is 16.0. The summed E-state index contributed by atoms with van der Waals surface area (Å²) in [6.07, 6.45) is 0. The van der Waals surface area contributed by atoms with Crippen molar-refractivity contribution >= 4 is 104 Å². The first kappa shape index (κ1) is 31.6. The van der Waals surface area contributed by atoms with E-state index in [4.69, 9.17) is 4.42 Å². The highest BCUT2D eigenvalue weighted by Crippen LogP contribution is 2.49. The smallest absolute Gasteiger partial charge is 0.333 e. The molecule has 0 unspecified atom stereocenters. The lowest BCUT2D eigenvalue weighted by Gasteiger charge is -2.42. The predicted octanol–water partition coefficient (Wildman–Crippen LogP) is 12.9. The van der Waals surface area contributed by atoms with Crippen molar-refractivity contribution < 1.29 is 4.42 Å². The maximum atomic E-state index is 6.58. The third-order valence-corrected chi connectivity index (χ3v) is 13.6. The van der Waals surface area contributed by atoms with Crippen molar-refractivity contribution in [3.05, 3.63) is 139 Å². The third-order valence-electron chi connectivity index (χ3n) is 12.5. The Morgan fingerprint density at radius 1 is 0.527 bits per heavy atom. The molecule has 264 valence electrons. The molecule has 0 aliphatic carbocycles. The van der Waals surface area contributed by atoms with Gasteiger partial charge in [-0.1, -0.05) is 114 Å². The van der Waals surface area contributed by atoms with E-state index in [9.17, 15) is 0 Å². The Hall–Kier alpha value is -5.78. The van der Waals surface area contributed by atoms with Gasteiger partial charge in [0.25, 0.3) is 0 Å². The fourth-order valence-electron chi connectivity index (χ4n) is 9.70. The molecule has 0 spiro atoms. The minimum Gasteiger partial charge on any atom is -0.456 e. The van der Waals surface area contributed by atoms with E-state index in [1.165, 1.54) is 92.2 Å². The first-order chi connectivity index (χ1) is 26.5. The van der Waals surface area contributed by atoms with Crippen LogP contribution < -0.4 is 15.7 Å². The molecule has 0 radical (unpaired) electrons. The van der Waals surface area contributed by atoms with Crippen LogP contribution in [0.15, 0.2) is 132 Å². The molecular formula is C50H39BN2OS. The van der Waals surface area contributed by atoms with Gasteiger partial charge in [-0.3, -0.25) is 0 Å². The van der Waals surface area contributed by atoms with Gasteiger partial charge in [-0.2, -0.15) is 0 Å². The summed E-state index contributed by atoms with van der Waals surface area (Å²) in [5, 5.41) is 7.58. The normalized spacial score (nSPS) is 13.9. The van der Waals surface area contributed by atoms with E-state index >= 15 is 0 Å². The summed E-state index contributed by atoms with van der Waals surface area (Å²) in [6.45, 7) is 13.8. The number of rotatable bonds is 1. The zero-order valence-corrected chi connectivity index (χ0v) is 32.7. The van der Waals surface area contributed by atoms with Crippen molar-refractivity contribution in [2.75, 3.05) is 4.81 Å². The number of fused-ring (bicyclic) bond motifs is 14. The second-order valence-electron chi connectivity index (χ2n) is 17.8. The molecule has 10 aromatic rings. The Labute approximate surface area is 324 Å². The van der Waals surface area contributed by atoms with Gasteiger partial charge < -0.3 is 13.8 Å². The van der Waals surface area contributed by atoms with Gasteiger partial charge in [-0.15, -0.1) is 11.3 Å². The Balaban J connectivity index is 1.25. The minimum absolute atomic E-state index is 0.0141. The van der Waals surface area contributed by atoms with E-state index in [1.807, 2.05) is 11.3 Å². The van der Waals surface area contributed by atoms with Gasteiger partial charge in [0.1, 0.15) is 11.2 Å². The Kier molecular flexibility index (Phi) is 6.02. The molecule has 2 aliphatic rings. The summed E-state index contributed by atoms with van der Waals surface area (Å²) in [6, 6.07) is 48.4. The molecule has 5 heteroatoms. The molecule has 0 atom stereocenters.